The Morgan fingerprint density at radius 1 is 1.06 bits per heavy atom. The number of amides is 1. The molecule has 3 aromatic rings. The van der Waals surface area contributed by atoms with E-state index in [9.17, 15) is 9.59 Å². The standard InChI is InChI=1S/C24H26N4O3S/c1-2-31-22(30)16-27(20-11-7-4-8-12-20)21(29)17-32-24-26-25-23(19-13-14-19)28(24)15-18-9-5-3-6-10-18/h3-12,19H,2,13-17H2,1H3. The van der Waals surface area contributed by atoms with Crippen LogP contribution in [0, 0.1) is 0 Å². The summed E-state index contributed by atoms with van der Waals surface area (Å²) in [5, 5.41) is 9.52. The van der Waals surface area contributed by atoms with E-state index >= 15 is 0 Å². The molecule has 0 bridgehead atoms. The van der Waals surface area contributed by atoms with Crippen molar-refractivity contribution in [3.05, 3.63) is 72.1 Å². The highest BCUT2D eigenvalue weighted by atomic mass is 32.2. The maximum atomic E-state index is 13.1. The zero-order chi connectivity index (χ0) is 22.3. The van der Waals surface area contributed by atoms with Crippen LogP contribution in [0.1, 0.15) is 37.1 Å². The van der Waals surface area contributed by atoms with Gasteiger partial charge in [-0.2, -0.15) is 0 Å². The third-order valence-electron chi connectivity index (χ3n) is 5.16. The number of para-hydroxylation sites is 1. The largest absolute Gasteiger partial charge is 0.465 e. The molecule has 0 N–H and O–H groups in total. The van der Waals surface area contributed by atoms with Crippen LogP contribution < -0.4 is 4.90 Å². The van der Waals surface area contributed by atoms with Crippen molar-refractivity contribution < 1.29 is 14.3 Å². The minimum Gasteiger partial charge on any atom is -0.465 e. The van der Waals surface area contributed by atoms with Crippen LogP contribution in [-0.4, -0.2) is 45.5 Å². The molecule has 1 saturated carbocycles. The summed E-state index contributed by atoms with van der Waals surface area (Å²) in [5.74, 6) is 0.955. The van der Waals surface area contributed by atoms with E-state index < -0.39 is 5.97 Å². The number of esters is 1. The van der Waals surface area contributed by atoms with Gasteiger partial charge in [0.1, 0.15) is 12.4 Å². The van der Waals surface area contributed by atoms with Crippen LogP contribution in [0.4, 0.5) is 5.69 Å². The summed E-state index contributed by atoms with van der Waals surface area (Å²) in [5.41, 5.74) is 1.83. The lowest BCUT2D eigenvalue weighted by molar-refractivity contribution is -0.142. The van der Waals surface area contributed by atoms with E-state index in [0.717, 1.165) is 24.2 Å². The maximum absolute atomic E-state index is 13.1. The van der Waals surface area contributed by atoms with Gasteiger partial charge >= 0.3 is 5.97 Å². The molecule has 4 rings (SSSR count). The number of ether oxygens (including phenoxy) is 1. The molecule has 0 atom stereocenters. The molecule has 0 radical (unpaired) electrons. The van der Waals surface area contributed by atoms with Crippen molar-refractivity contribution in [2.75, 3.05) is 23.8 Å². The van der Waals surface area contributed by atoms with Crippen LogP contribution in [0.3, 0.4) is 0 Å². The van der Waals surface area contributed by atoms with Gasteiger partial charge in [-0.25, -0.2) is 0 Å². The fraction of sp³-hybridized carbons (Fsp3) is 0.333. The monoisotopic (exact) mass is 450 g/mol. The topological polar surface area (TPSA) is 77.3 Å². The third-order valence-corrected chi connectivity index (χ3v) is 6.11. The van der Waals surface area contributed by atoms with Crippen LogP contribution in [-0.2, 0) is 20.9 Å². The maximum Gasteiger partial charge on any atom is 0.326 e. The number of aromatic nitrogens is 3. The van der Waals surface area contributed by atoms with Crippen molar-refractivity contribution in [2.24, 2.45) is 0 Å². The molecule has 166 valence electrons. The molecule has 7 nitrogen and oxygen atoms in total. The van der Waals surface area contributed by atoms with Crippen molar-refractivity contribution in [1.82, 2.24) is 14.8 Å². The van der Waals surface area contributed by atoms with E-state index in [4.69, 9.17) is 4.74 Å². The molecular weight excluding hydrogens is 424 g/mol. The van der Waals surface area contributed by atoms with Gasteiger partial charge in [-0.05, 0) is 37.5 Å². The molecule has 1 amide bonds. The van der Waals surface area contributed by atoms with Crippen LogP contribution in [0.15, 0.2) is 65.8 Å². The first-order chi connectivity index (χ1) is 15.7. The first-order valence-electron chi connectivity index (χ1n) is 10.8. The molecule has 0 aliphatic heterocycles. The Bertz CT molecular complexity index is 1050. The summed E-state index contributed by atoms with van der Waals surface area (Å²) < 4.78 is 7.18. The van der Waals surface area contributed by atoms with E-state index in [1.807, 2.05) is 48.5 Å². The van der Waals surface area contributed by atoms with E-state index in [-0.39, 0.29) is 24.8 Å². The van der Waals surface area contributed by atoms with Crippen molar-refractivity contribution >= 4 is 29.3 Å². The quantitative estimate of drug-likeness (QED) is 0.344. The second-order valence-electron chi connectivity index (χ2n) is 7.60. The van der Waals surface area contributed by atoms with Gasteiger partial charge in [-0.3, -0.25) is 9.59 Å². The van der Waals surface area contributed by atoms with Gasteiger partial charge in [0.25, 0.3) is 0 Å². The smallest absolute Gasteiger partial charge is 0.326 e. The highest BCUT2D eigenvalue weighted by molar-refractivity contribution is 7.99. The number of anilines is 1. The SMILES string of the molecule is CCOC(=O)CN(C(=O)CSc1nnc(C2CC2)n1Cc1ccccc1)c1ccccc1. The minimum absolute atomic E-state index is 0.124. The van der Waals surface area contributed by atoms with E-state index in [0.29, 0.717) is 23.3 Å². The van der Waals surface area contributed by atoms with Crippen molar-refractivity contribution in [2.45, 2.75) is 37.4 Å². The molecule has 0 spiro atoms. The predicted molar refractivity (Wildman–Crippen MR) is 124 cm³/mol. The summed E-state index contributed by atoms with van der Waals surface area (Å²) in [6, 6.07) is 19.3. The van der Waals surface area contributed by atoms with Crippen LogP contribution in [0.5, 0.6) is 0 Å². The van der Waals surface area contributed by atoms with E-state index in [2.05, 4.69) is 26.9 Å². The normalized spacial score (nSPS) is 13.0. The first kappa shape index (κ1) is 22.1. The summed E-state index contributed by atoms with van der Waals surface area (Å²) in [6.07, 6.45) is 2.25. The molecule has 0 unspecified atom stereocenters. The number of hydrogen-bond donors (Lipinski definition) is 0. The molecule has 32 heavy (non-hydrogen) atoms. The number of carbonyl (C=O) groups is 2. The van der Waals surface area contributed by atoms with Gasteiger partial charge in [-0.1, -0.05) is 60.3 Å². The number of thioether (sulfide) groups is 1. The Hall–Kier alpha value is -3.13. The molecule has 1 aliphatic carbocycles. The molecule has 1 fully saturated rings. The van der Waals surface area contributed by atoms with E-state index in [1.165, 1.54) is 16.7 Å². The molecular formula is C24H26N4O3S. The second-order valence-corrected chi connectivity index (χ2v) is 8.54. The molecule has 8 heteroatoms. The Kier molecular flexibility index (Phi) is 7.21. The van der Waals surface area contributed by atoms with Crippen molar-refractivity contribution in [3.63, 3.8) is 0 Å². The number of nitrogens with zero attached hydrogens (tertiary/aromatic N) is 4. The summed E-state index contributed by atoms with van der Waals surface area (Å²) in [4.78, 5) is 26.7. The first-order valence-corrected chi connectivity index (χ1v) is 11.7. The number of rotatable bonds is 10. The van der Waals surface area contributed by atoms with Crippen LogP contribution in [0.2, 0.25) is 0 Å². The predicted octanol–water partition coefficient (Wildman–Crippen LogP) is 3.89. The lowest BCUT2D eigenvalue weighted by atomic mass is 10.2. The van der Waals surface area contributed by atoms with Crippen molar-refractivity contribution in [1.29, 1.82) is 0 Å². The molecule has 2 aromatic carbocycles. The summed E-state index contributed by atoms with van der Waals surface area (Å²) in [6.45, 7) is 2.57. The Balaban J connectivity index is 1.50. The highest BCUT2D eigenvalue weighted by Crippen LogP contribution is 2.40. The van der Waals surface area contributed by atoms with Gasteiger partial charge in [0.05, 0.1) is 18.9 Å². The zero-order valence-electron chi connectivity index (χ0n) is 18.0. The Labute approximate surface area is 191 Å². The summed E-state index contributed by atoms with van der Waals surface area (Å²) >= 11 is 1.35. The highest BCUT2D eigenvalue weighted by Gasteiger charge is 2.31. The summed E-state index contributed by atoms with van der Waals surface area (Å²) in [7, 11) is 0. The average molecular weight is 451 g/mol. The van der Waals surface area contributed by atoms with Gasteiger partial charge in [0.2, 0.25) is 5.91 Å². The van der Waals surface area contributed by atoms with Gasteiger partial charge < -0.3 is 14.2 Å². The molecule has 1 heterocycles. The molecule has 0 saturated heterocycles. The lowest BCUT2D eigenvalue weighted by Gasteiger charge is -2.21. The van der Waals surface area contributed by atoms with Crippen LogP contribution in [0.25, 0.3) is 0 Å². The zero-order valence-corrected chi connectivity index (χ0v) is 18.8. The molecule has 1 aliphatic rings. The number of carbonyl (C=O) groups excluding carboxylic acids is 2. The van der Waals surface area contributed by atoms with Gasteiger partial charge in [0, 0.05) is 11.6 Å². The van der Waals surface area contributed by atoms with Crippen molar-refractivity contribution in [3.8, 4) is 0 Å². The van der Waals surface area contributed by atoms with Crippen LogP contribution >= 0.6 is 11.8 Å². The molecule has 1 aromatic heterocycles. The Morgan fingerprint density at radius 3 is 2.41 bits per heavy atom. The Morgan fingerprint density at radius 2 is 1.75 bits per heavy atom. The van der Waals surface area contributed by atoms with E-state index in [1.54, 1.807) is 6.92 Å². The number of benzene rings is 2. The minimum atomic E-state index is -0.432. The lowest BCUT2D eigenvalue weighted by Crippen LogP contribution is -2.37. The second kappa shape index (κ2) is 10.5. The fourth-order valence-corrected chi connectivity index (χ4v) is 4.26. The van der Waals surface area contributed by atoms with Gasteiger partial charge in [0.15, 0.2) is 5.16 Å². The van der Waals surface area contributed by atoms with Gasteiger partial charge in [-0.15, -0.1) is 10.2 Å². The fourth-order valence-electron chi connectivity index (χ4n) is 3.44. The third kappa shape index (κ3) is 5.56. The number of hydrogen-bond acceptors (Lipinski definition) is 6. The average Bonchev–Trinajstić information content (AvgIpc) is 3.59.